The maximum atomic E-state index is 13.4. The number of rotatable bonds is 5. The van der Waals surface area contributed by atoms with Gasteiger partial charge in [-0.2, -0.15) is 0 Å². The molecule has 0 bridgehead atoms. The van der Waals surface area contributed by atoms with Crippen LogP contribution >= 0.6 is 0 Å². The Labute approximate surface area is 113 Å². The Morgan fingerprint density at radius 3 is 2.68 bits per heavy atom. The van der Waals surface area contributed by atoms with Crippen molar-refractivity contribution in [2.45, 2.75) is 20.4 Å². The van der Waals surface area contributed by atoms with E-state index in [0.717, 1.165) is 16.7 Å². The maximum Gasteiger partial charge on any atom is 0.330 e. The van der Waals surface area contributed by atoms with Gasteiger partial charge in [0.05, 0.1) is 6.61 Å². The van der Waals surface area contributed by atoms with Crippen molar-refractivity contribution in [3.63, 3.8) is 0 Å². The normalized spacial score (nSPS) is 11.3. The molecule has 19 heavy (non-hydrogen) atoms. The van der Waals surface area contributed by atoms with E-state index >= 15 is 0 Å². The zero-order valence-electron chi connectivity index (χ0n) is 11.9. The molecule has 0 N–H and O–H groups in total. The number of hydrogen-bond donors (Lipinski definition) is 0. The lowest BCUT2D eigenvalue weighted by molar-refractivity contribution is -0.137. The summed E-state index contributed by atoms with van der Waals surface area (Å²) in [5.41, 5.74) is 2.52. The van der Waals surface area contributed by atoms with Crippen molar-refractivity contribution in [3.8, 4) is 0 Å². The van der Waals surface area contributed by atoms with E-state index in [9.17, 15) is 9.18 Å². The summed E-state index contributed by atoms with van der Waals surface area (Å²) >= 11 is 0. The molecule has 0 aliphatic carbocycles. The van der Waals surface area contributed by atoms with Gasteiger partial charge in [0.2, 0.25) is 0 Å². The number of carbonyl (C=O) groups is 1. The zero-order valence-corrected chi connectivity index (χ0v) is 11.9. The second-order valence-corrected chi connectivity index (χ2v) is 4.62. The van der Waals surface area contributed by atoms with E-state index in [2.05, 4.69) is 0 Å². The Kier molecular flexibility index (Phi) is 5.70. The molecule has 0 aliphatic rings. The smallest absolute Gasteiger partial charge is 0.330 e. The number of nitrogens with zero attached hydrogens (tertiary/aromatic N) is 1. The second-order valence-electron chi connectivity index (χ2n) is 4.62. The minimum Gasteiger partial charge on any atom is -0.463 e. The predicted molar refractivity (Wildman–Crippen MR) is 74.2 cm³/mol. The van der Waals surface area contributed by atoms with E-state index in [0.29, 0.717) is 13.2 Å². The lowest BCUT2D eigenvalue weighted by Gasteiger charge is -2.14. The molecule has 104 valence electrons. The van der Waals surface area contributed by atoms with Gasteiger partial charge >= 0.3 is 5.97 Å². The molecule has 0 unspecified atom stereocenters. The Balaban J connectivity index is 3.07. The van der Waals surface area contributed by atoms with E-state index < -0.39 is 0 Å². The van der Waals surface area contributed by atoms with Crippen molar-refractivity contribution in [2.75, 3.05) is 20.7 Å². The molecular formula is C15H20FNO2. The van der Waals surface area contributed by atoms with Crippen LogP contribution in [-0.2, 0) is 16.1 Å². The summed E-state index contributed by atoms with van der Waals surface area (Å²) in [7, 11) is 3.83. The van der Waals surface area contributed by atoms with Crippen LogP contribution in [0.25, 0.3) is 6.08 Å². The highest BCUT2D eigenvalue weighted by Crippen LogP contribution is 2.19. The highest BCUT2D eigenvalue weighted by atomic mass is 19.1. The molecule has 1 rings (SSSR count). The number of aryl methyl sites for hydroxylation is 1. The summed E-state index contributed by atoms with van der Waals surface area (Å²) in [6, 6.07) is 2.96. The van der Waals surface area contributed by atoms with Crippen molar-refractivity contribution in [2.24, 2.45) is 0 Å². The molecule has 0 radical (unpaired) electrons. The van der Waals surface area contributed by atoms with Crippen LogP contribution in [0, 0.1) is 12.7 Å². The monoisotopic (exact) mass is 265 g/mol. The highest BCUT2D eigenvalue weighted by Gasteiger charge is 2.08. The Bertz CT molecular complexity index is 481. The third-order valence-corrected chi connectivity index (χ3v) is 2.60. The minimum atomic E-state index is -0.387. The first-order valence-corrected chi connectivity index (χ1v) is 6.22. The summed E-state index contributed by atoms with van der Waals surface area (Å²) in [5.74, 6) is -0.648. The minimum absolute atomic E-state index is 0.261. The van der Waals surface area contributed by atoms with E-state index in [-0.39, 0.29) is 11.8 Å². The molecule has 0 aromatic heterocycles. The van der Waals surface area contributed by atoms with E-state index in [1.54, 1.807) is 13.0 Å². The molecular weight excluding hydrogens is 245 g/mol. The standard InChI is InChI=1S/C15H20FNO2/c1-5-19-15(18)7-6-14-11(2)8-13(16)9-12(14)10-17(3)4/h6-9H,5,10H2,1-4H3/b7-6+. The SMILES string of the molecule is CCOC(=O)/C=C/c1c(C)cc(F)cc1CN(C)C. The van der Waals surface area contributed by atoms with Crippen LogP contribution in [0.4, 0.5) is 4.39 Å². The quantitative estimate of drug-likeness (QED) is 0.605. The molecule has 1 aromatic carbocycles. The van der Waals surface area contributed by atoms with Gasteiger partial charge < -0.3 is 9.64 Å². The lowest BCUT2D eigenvalue weighted by Crippen LogP contribution is -2.12. The van der Waals surface area contributed by atoms with Crippen molar-refractivity contribution in [1.82, 2.24) is 4.90 Å². The average molecular weight is 265 g/mol. The topological polar surface area (TPSA) is 29.5 Å². The fraction of sp³-hybridized carbons (Fsp3) is 0.400. The maximum absolute atomic E-state index is 13.4. The first-order chi connectivity index (χ1) is 8.93. The number of hydrogen-bond acceptors (Lipinski definition) is 3. The molecule has 0 saturated heterocycles. The largest absolute Gasteiger partial charge is 0.463 e. The fourth-order valence-corrected chi connectivity index (χ4v) is 1.88. The predicted octanol–water partition coefficient (Wildman–Crippen LogP) is 2.77. The van der Waals surface area contributed by atoms with E-state index in [4.69, 9.17) is 4.74 Å². The van der Waals surface area contributed by atoms with Gasteiger partial charge in [-0.25, -0.2) is 9.18 Å². The molecule has 0 fully saturated rings. The van der Waals surface area contributed by atoms with Crippen LogP contribution in [0.1, 0.15) is 23.6 Å². The highest BCUT2D eigenvalue weighted by molar-refractivity contribution is 5.87. The third-order valence-electron chi connectivity index (χ3n) is 2.60. The van der Waals surface area contributed by atoms with Gasteiger partial charge in [-0.1, -0.05) is 0 Å². The molecule has 0 atom stereocenters. The first kappa shape index (κ1) is 15.4. The summed E-state index contributed by atoms with van der Waals surface area (Å²) in [6.07, 6.45) is 3.06. The van der Waals surface area contributed by atoms with Crippen molar-refractivity contribution in [1.29, 1.82) is 0 Å². The summed E-state index contributed by atoms with van der Waals surface area (Å²) in [4.78, 5) is 13.3. The number of ether oxygens (including phenoxy) is 1. The van der Waals surface area contributed by atoms with Crippen LogP contribution in [-0.4, -0.2) is 31.6 Å². The van der Waals surface area contributed by atoms with Gasteiger partial charge in [0.15, 0.2) is 0 Å². The summed E-state index contributed by atoms with van der Waals surface area (Å²) in [6.45, 7) is 4.54. The van der Waals surface area contributed by atoms with Crippen LogP contribution < -0.4 is 0 Å². The molecule has 4 heteroatoms. The molecule has 0 spiro atoms. The van der Waals surface area contributed by atoms with Gasteiger partial charge in [0.25, 0.3) is 0 Å². The molecule has 0 heterocycles. The third kappa shape index (κ3) is 4.83. The van der Waals surface area contributed by atoms with Crippen LogP contribution in [0.15, 0.2) is 18.2 Å². The Hall–Kier alpha value is -1.68. The van der Waals surface area contributed by atoms with Gasteiger partial charge in [-0.05, 0) is 62.8 Å². The summed E-state index contributed by atoms with van der Waals surface area (Å²) in [5, 5.41) is 0. The van der Waals surface area contributed by atoms with Crippen molar-refractivity contribution in [3.05, 3.63) is 40.7 Å². The number of halogens is 1. The zero-order chi connectivity index (χ0) is 14.4. The lowest BCUT2D eigenvalue weighted by atomic mass is 10.0. The number of benzene rings is 1. The van der Waals surface area contributed by atoms with Crippen LogP contribution in [0.3, 0.4) is 0 Å². The molecule has 1 aromatic rings. The van der Waals surface area contributed by atoms with Crippen LogP contribution in [0.5, 0.6) is 0 Å². The fourth-order valence-electron chi connectivity index (χ4n) is 1.88. The molecule has 0 amide bonds. The first-order valence-electron chi connectivity index (χ1n) is 6.22. The number of carbonyl (C=O) groups excluding carboxylic acids is 1. The van der Waals surface area contributed by atoms with Crippen molar-refractivity contribution >= 4 is 12.0 Å². The molecule has 0 saturated carbocycles. The summed E-state index contributed by atoms with van der Waals surface area (Å²) < 4.78 is 18.3. The van der Waals surface area contributed by atoms with Gasteiger partial charge in [-0.15, -0.1) is 0 Å². The van der Waals surface area contributed by atoms with Gasteiger partial charge in [-0.3, -0.25) is 0 Å². The van der Waals surface area contributed by atoms with E-state index in [1.807, 2.05) is 25.9 Å². The molecule has 0 aliphatic heterocycles. The number of esters is 1. The second kappa shape index (κ2) is 7.04. The van der Waals surface area contributed by atoms with Crippen LogP contribution in [0.2, 0.25) is 0 Å². The Morgan fingerprint density at radius 2 is 2.11 bits per heavy atom. The van der Waals surface area contributed by atoms with E-state index in [1.165, 1.54) is 18.2 Å². The average Bonchev–Trinajstić information content (AvgIpc) is 2.27. The van der Waals surface area contributed by atoms with Gasteiger partial charge in [0, 0.05) is 12.6 Å². The van der Waals surface area contributed by atoms with Crippen molar-refractivity contribution < 1.29 is 13.9 Å². The Morgan fingerprint density at radius 1 is 1.42 bits per heavy atom. The molecule has 3 nitrogen and oxygen atoms in total. The van der Waals surface area contributed by atoms with Gasteiger partial charge in [0.1, 0.15) is 5.82 Å².